The van der Waals surface area contributed by atoms with Crippen LogP contribution in [0.4, 0.5) is 11.4 Å². The molecule has 18 heavy (non-hydrogen) atoms. The summed E-state index contributed by atoms with van der Waals surface area (Å²) in [6, 6.07) is 4.77. The Morgan fingerprint density at radius 3 is 3.06 bits per heavy atom. The van der Waals surface area contributed by atoms with Gasteiger partial charge >= 0.3 is 0 Å². The highest BCUT2D eigenvalue weighted by atomic mass is 32.2. The molecule has 0 bridgehead atoms. The van der Waals surface area contributed by atoms with Crippen LogP contribution in [0.5, 0.6) is 0 Å². The van der Waals surface area contributed by atoms with Gasteiger partial charge in [-0.3, -0.25) is 0 Å². The quantitative estimate of drug-likeness (QED) is 0.814. The van der Waals surface area contributed by atoms with Crippen LogP contribution in [0.1, 0.15) is 11.9 Å². The molecule has 0 saturated carbocycles. The maximum atomic E-state index is 6.22. The summed E-state index contributed by atoms with van der Waals surface area (Å²) in [4.78, 5) is 6.98. The molecule has 96 valence electrons. The van der Waals surface area contributed by atoms with Crippen LogP contribution in [0.2, 0.25) is 0 Å². The predicted molar refractivity (Wildman–Crippen MR) is 82.9 cm³/mol. The Labute approximate surface area is 115 Å². The van der Waals surface area contributed by atoms with Gasteiger partial charge in [0.1, 0.15) is 0 Å². The third kappa shape index (κ3) is 2.06. The van der Waals surface area contributed by atoms with Crippen LogP contribution in [-0.2, 0) is 0 Å². The summed E-state index contributed by atoms with van der Waals surface area (Å²) < 4.78 is 1.19. The molecule has 0 spiro atoms. The topological polar surface area (TPSA) is 42.2 Å². The molecule has 1 aliphatic heterocycles. The molecule has 0 radical (unpaired) electrons. The second kappa shape index (κ2) is 4.63. The van der Waals surface area contributed by atoms with Crippen LogP contribution in [0.25, 0.3) is 10.2 Å². The number of rotatable bonds is 1. The highest BCUT2D eigenvalue weighted by Gasteiger charge is 2.21. The Hall–Kier alpha value is -0.940. The van der Waals surface area contributed by atoms with Crippen molar-refractivity contribution in [3.8, 4) is 0 Å². The maximum Gasteiger partial charge on any atom is 0.0907 e. The standard InChI is InChI=1S/C13H17N3S2/c1-8-7-17-4-3-16(8)12-6-11-13(5-10(12)14)18-9(2)15-11/h5-6,8H,3-4,7,14H2,1-2H3. The van der Waals surface area contributed by atoms with E-state index in [1.807, 2.05) is 18.7 Å². The summed E-state index contributed by atoms with van der Waals surface area (Å²) in [6.45, 7) is 5.38. The first-order chi connectivity index (χ1) is 8.65. The lowest BCUT2D eigenvalue weighted by Gasteiger charge is -2.35. The van der Waals surface area contributed by atoms with E-state index in [1.54, 1.807) is 11.3 Å². The maximum absolute atomic E-state index is 6.22. The predicted octanol–water partition coefficient (Wildman–Crippen LogP) is 3.13. The van der Waals surface area contributed by atoms with Crippen LogP contribution >= 0.6 is 23.1 Å². The molecule has 1 unspecified atom stereocenters. The van der Waals surface area contributed by atoms with E-state index in [2.05, 4.69) is 28.9 Å². The van der Waals surface area contributed by atoms with Crippen LogP contribution in [0.15, 0.2) is 12.1 Å². The fourth-order valence-electron chi connectivity index (χ4n) is 2.43. The van der Waals surface area contributed by atoms with E-state index in [4.69, 9.17) is 5.73 Å². The minimum atomic E-state index is 0.545. The van der Waals surface area contributed by atoms with Gasteiger partial charge in [-0.1, -0.05) is 0 Å². The lowest BCUT2D eigenvalue weighted by molar-refractivity contribution is 0.701. The van der Waals surface area contributed by atoms with Crippen molar-refractivity contribution in [3.05, 3.63) is 17.1 Å². The van der Waals surface area contributed by atoms with Crippen molar-refractivity contribution in [2.24, 2.45) is 0 Å². The van der Waals surface area contributed by atoms with Crippen LogP contribution in [0, 0.1) is 6.92 Å². The van der Waals surface area contributed by atoms with Crippen LogP contribution in [-0.4, -0.2) is 29.1 Å². The van der Waals surface area contributed by atoms with Gasteiger partial charge in [0.25, 0.3) is 0 Å². The zero-order valence-electron chi connectivity index (χ0n) is 10.6. The first kappa shape index (κ1) is 12.1. The summed E-state index contributed by atoms with van der Waals surface area (Å²) in [5.41, 5.74) is 9.33. The first-order valence-electron chi connectivity index (χ1n) is 6.16. The number of benzene rings is 1. The molecule has 0 aliphatic carbocycles. The van der Waals surface area contributed by atoms with Crippen molar-refractivity contribution in [2.45, 2.75) is 19.9 Å². The number of aromatic nitrogens is 1. The molecule has 1 aliphatic rings. The third-order valence-corrected chi connectivity index (χ3v) is 5.44. The molecule has 5 heteroatoms. The molecule has 1 saturated heterocycles. The monoisotopic (exact) mass is 279 g/mol. The van der Waals surface area contributed by atoms with Gasteiger partial charge in [0, 0.05) is 24.1 Å². The summed E-state index contributed by atoms with van der Waals surface area (Å²) >= 11 is 3.73. The number of thioether (sulfide) groups is 1. The van der Waals surface area contributed by atoms with Gasteiger partial charge in [-0.25, -0.2) is 4.98 Å². The smallest absolute Gasteiger partial charge is 0.0907 e. The van der Waals surface area contributed by atoms with E-state index in [9.17, 15) is 0 Å². The van der Waals surface area contributed by atoms with Gasteiger partial charge in [0.05, 0.1) is 26.6 Å². The molecule has 2 aromatic rings. The zero-order chi connectivity index (χ0) is 12.7. The molecule has 3 rings (SSSR count). The number of anilines is 2. The number of hydrogen-bond donors (Lipinski definition) is 1. The molecule has 1 aromatic carbocycles. The Bertz CT molecular complexity index is 579. The lowest BCUT2D eigenvalue weighted by Crippen LogP contribution is -2.40. The van der Waals surface area contributed by atoms with E-state index < -0.39 is 0 Å². The second-order valence-electron chi connectivity index (χ2n) is 4.73. The number of nitrogens with two attached hydrogens (primary N) is 1. The fraction of sp³-hybridized carbons (Fsp3) is 0.462. The molecule has 1 atom stereocenters. The Kier molecular flexibility index (Phi) is 3.11. The van der Waals surface area contributed by atoms with E-state index in [0.717, 1.165) is 28.4 Å². The van der Waals surface area contributed by atoms with Crippen molar-refractivity contribution in [1.29, 1.82) is 0 Å². The summed E-state index contributed by atoms with van der Waals surface area (Å²) in [7, 11) is 0. The molecule has 1 fully saturated rings. The van der Waals surface area contributed by atoms with Crippen LogP contribution in [0.3, 0.4) is 0 Å². The van der Waals surface area contributed by atoms with E-state index in [-0.39, 0.29) is 0 Å². The minimum absolute atomic E-state index is 0.545. The summed E-state index contributed by atoms with van der Waals surface area (Å²) in [5, 5.41) is 1.10. The first-order valence-corrected chi connectivity index (χ1v) is 8.13. The molecule has 2 heterocycles. The lowest BCUT2D eigenvalue weighted by atomic mass is 10.2. The molecular formula is C13H17N3S2. The van der Waals surface area contributed by atoms with Crippen molar-refractivity contribution in [1.82, 2.24) is 4.98 Å². The van der Waals surface area contributed by atoms with Crippen molar-refractivity contribution < 1.29 is 0 Å². The number of thiazole rings is 1. The van der Waals surface area contributed by atoms with E-state index >= 15 is 0 Å². The van der Waals surface area contributed by atoms with Gasteiger partial charge in [0.2, 0.25) is 0 Å². The third-order valence-electron chi connectivity index (χ3n) is 3.32. The minimum Gasteiger partial charge on any atom is -0.397 e. The van der Waals surface area contributed by atoms with Gasteiger partial charge in [-0.15, -0.1) is 11.3 Å². The summed E-state index contributed by atoms with van der Waals surface area (Å²) in [6.07, 6.45) is 0. The van der Waals surface area contributed by atoms with Gasteiger partial charge in [-0.2, -0.15) is 11.8 Å². The van der Waals surface area contributed by atoms with E-state index in [1.165, 1.54) is 16.2 Å². The van der Waals surface area contributed by atoms with Crippen LogP contribution < -0.4 is 10.6 Å². The average molecular weight is 279 g/mol. The van der Waals surface area contributed by atoms with Gasteiger partial charge < -0.3 is 10.6 Å². The van der Waals surface area contributed by atoms with Gasteiger partial charge in [-0.05, 0) is 26.0 Å². The fourth-order valence-corrected chi connectivity index (χ4v) is 4.30. The average Bonchev–Trinajstić information content (AvgIpc) is 2.68. The summed E-state index contributed by atoms with van der Waals surface area (Å²) in [5.74, 6) is 2.35. The van der Waals surface area contributed by atoms with E-state index in [0.29, 0.717) is 6.04 Å². The number of aryl methyl sites for hydroxylation is 1. The molecule has 2 N–H and O–H groups in total. The Morgan fingerprint density at radius 1 is 1.44 bits per heavy atom. The molecular weight excluding hydrogens is 262 g/mol. The van der Waals surface area contributed by atoms with Crippen molar-refractivity contribution >= 4 is 44.7 Å². The Morgan fingerprint density at radius 2 is 2.28 bits per heavy atom. The molecule has 3 nitrogen and oxygen atoms in total. The number of nitrogen functional groups attached to an aromatic ring is 1. The molecule has 0 amide bonds. The largest absolute Gasteiger partial charge is 0.397 e. The number of hydrogen-bond acceptors (Lipinski definition) is 5. The van der Waals surface area contributed by atoms with Crippen molar-refractivity contribution in [3.63, 3.8) is 0 Å². The normalized spacial score (nSPS) is 20.6. The Balaban J connectivity index is 2.07. The SMILES string of the molecule is Cc1nc2cc(N3CCSCC3C)c(N)cc2s1. The van der Waals surface area contributed by atoms with Crippen molar-refractivity contribution in [2.75, 3.05) is 28.7 Å². The number of fused-ring (bicyclic) bond motifs is 1. The molecule has 1 aromatic heterocycles. The number of nitrogens with zero attached hydrogens (tertiary/aromatic N) is 2. The second-order valence-corrected chi connectivity index (χ2v) is 7.11. The van der Waals surface area contributed by atoms with Gasteiger partial charge in [0.15, 0.2) is 0 Å². The highest BCUT2D eigenvalue weighted by molar-refractivity contribution is 7.99. The zero-order valence-corrected chi connectivity index (χ0v) is 12.3. The highest BCUT2D eigenvalue weighted by Crippen LogP contribution is 2.34.